The number of nitrogens with one attached hydrogen (secondary N) is 1. The Hall–Kier alpha value is -1.85. The van der Waals surface area contributed by atoms with E-state index in [0.29, 0.717) is 14.8 Å². The Balaban J connectivity index is 1.76. The third-order valence-electron chi connectivity index (χ3n) is 5.08. The van der Waals surface area contributed by atoms with Crippen molar-refractivity contribution in [3.05, 3.63) is 56.1 Å². The van der Waals surface area contributed by atoms with Gasteiger partial charge in [0, 0.05) is 22.9 Å². The summed E-state index contributed by atoms with van der Waals surface area (Å²) in [7, 11) is -0.371. The summed E-state index contributed by atoms with van der Waals surface area (Å²) in [5, 5.41) is 0.934. The summed E-state index contributed by atoms with van der Waals surface area (Å²) >= 11 is 7.02. The molecule has 2 unspecified atom stereocenters. The zero-order valence-electron chi connectivity index (χ0n) is 17.1. The van der Waals surface area contributed by atoms with Crippen LogP contribution in [0.3, 0.4) is 0 Å². The van der Waals surface area contributed by atoms with Crippen molar-refractivity contribution < 1.29 is 22.0 Å². The maximum atomic E-state index is 14.7. The van der Waals surface area contributed by atoms with Crippen LogP contribution in [-0.4, -0.2) is 45.9 Å². The number of carbonyl (C=O) groups excluding carboxylic acids is 1. The maximum absolute atomic E-state index is 14.7. The summed E-state index contributed by atoms with van der Waals surface area (Å²) in [6.45, 7) is 1.80. The first-order valence-corrected chi connectivity index (χ1v) is 12.1. The van der Waals surface area contributed by atoms with E-state index in [9.17, 15) is 22.0 Å². The van der Waals surface area contributed by atoms with E-state index in [0.717, 1.165) is 10.3 Å². The number of benzene rings is 1. The second-order valence-corrected chi connectivity index (χ2v) is 10.8. The largest absolute Gasteiger partial charge is 0.306 e. The van der Waals surface area contributed by atoms with Gasteiger partial charge in [0.05, 0.1) is 4.34 Å². The number of hydrogen-bond acceptors (Lipinski definition) is 5. The van der Waals surface area contributed by atoms with E-state index in [1.807, 2.05) is 0 Å². The van der Waals surface area contributed by atoms with Crippen molar-refractivity contribution in [2.45, 2.75) is 25.4 Å². The molecule has 1 aliphatic heterocycles. The lowest BCUT2D eigenvalue weighted by Gasteiger charge is -2.23. The quantitative estimate of drug-likeness (QED) is 0.638. The maximum Gasteiger partial charge on any atom is 0.245 e. The van der Waals surface area contributed by atoms with Crippen LogP contribution in [0.5, 0.6) is 0 Å². The Morgan fingerprint density at radius 1 is 1.29 bits per heavy atom. The predicted molar refractivity (Wildman–Crippen MR) is 120 cm³/mol. The van der Waals surface area contributed by atoms with Gasteiger partial charge in [0.2, 0.25) is 15.9 Å². The summed E-state index contributed by atoms with van der Waals surface area (Å²) in [6.07, 6.45) is 1.45. The third kappa shape index (κ3) is 5.50. The number of nitrogens with zero attached hydrogens (tertiary/aromatic N) is 2. The normalized spacial score (nSPS) is 18.5. The highest BCUT2D eigenvalue weighted by Crippen LogP contribution is 2.31. The van der Waals surface area contributed by atoms with Gasteiger partial charge in [-0.2, -0.15) is 4.72 Å². The molecule has 0 radical (unpaired) electrons. The van der Waals surface area contributed by atoms with Gasteiger partial charge in [-0.15, -0.1) is 11.3 Å². The zero-order valence-corrected chi connectivity index (χ0v) is 19.5. The van der Waals surface area contributed by atoms with Crippen molar-refractivity contribution >= 4 is 50.6 Å². The molecule has 1 aromatic heterocycles. The first-order chi connectivity index (χ1) is 14.5. The lowest BCUT2D eigenvalue weighted by atomic mass is 10.1. The van der Waals surface area contributed by atoms with Crippen LogP contribution < -0.4 is 9.62 Å². The molecule has 0 aliphatic carbocycles. The van der Waals surface area contributed by atoms with Gasteiger partial charge in [-0.05, 0) is 63.3 Å². The van der Waals surface area contributed by atoms with E-state index < -0.39 is 39.3 Å². The molecule has 1 fully saturated rings. The number of anilines is 1. The van der Waals surface area contributed by atoms with Gasteiger partial charge in [-0.3, -0.25) is 4.79 Å². The Labute approximate surface area is 189 Å². The first-order valence-electron chi connectivity index (χ1n) is 9.41. The Morgan fingerprint density at radius 3 is 2.48 bits per heavy atom. The Kier molecular flexibility index (Phi) is 7.17. The average molecular weight is 490 g/mol. The fraction of sp³-hybridized carbons (Fsp3) is 0.350. The van der Waals surface area contributed by atoms with Gasteiger partial charge in [0.1, 0.15) is 23.4 Å². The van der Waals surface area contributed by atoms with Crippen LogP contribution in [0.25, 0.3) is 6.08 Å². The van der Waals surface area contributed by atoms with Crippen molar-refractivity contribution in [1.82, 2.24) is 9.62 Å². The van der Waals surface area contributed by atoms with Crippen LogP contribution >= 0.6 is 22.9 Å². The van der Waals surface area contributed by atoms with Crippen molar-refractivity contribution in [2.24, 2.45) is 0 Å². The number of halogens is 3. The molecule has 168 valence electrons. The number of hydrogen-bond donors (Lipinski definition) is 1. The minimum Gasteiger partial charge on any atom is -0.306 e. The standard InChI is InChI=1S/C20H22ClF2N3O3S2/c1-12(25(2)3)13-10-15(22)19(16(23)11-13)26-8-6-17(20(26)27)24-31(28,29)9-7-14-4-5-18(21)30-14/h4-5,7,9-12,17,24H,6,8H2,1-3H3/b9-7+. The first kappa shape index (κ1) is 23.8. The fourth-order valence-corrected chi connectivity index (χ4v) is 5.28. The van der Waals surface area contributed by atoms with Gasteiger partial charge in [0.25, 0.3) is 0 Å². The van der Waals surface area contributed by atoms with Gasteiger partial charge in [-0.1, -0.05) is 11.6 Å². The van der Waals surface area contributed by atoms with Crippen LogP contribution in [0.2, 0.25) is 4.34 Å². The second-order valence-electron chi connectivity index (χ2n) is 7.41. The lowest BCUT2D eigenvalue weighted by molar-refractivity contribution is -0.118. The summed E-state index contributed by atoms with van der Waals surface area (Å²) in [6, 6.07) is 4.36. The Bertz CT molecular complexity index is 1100. The smallest absolute Gasteiger partial charge is 0.245 e. The van der Waals surface area contributed by atoms with E-state index in [-0.39, 0.29) is 19.0 Å². The van der Waals surface area contributed by atoms with Crippen molar-refractivity contribution in [3.63, 3.8) is 0 Å². The van der Waals surface area contributed by atoms with Gasteiger partial charge in [0.15, 0.2) is 0 Å². The number of sulfonamides is 1. The molecule has 0 spiro atoms. The summed E-state index contributed by atoms with van der Waals surface area (Å²) in [4.78, 5) is 16.1. The highest BCUT2D eigenvalue weighted by atomic mass is 35.5. The molecule has 0 saturated carbocycles. The Morgan fingerprint density at radius 2 is 1.94 bits per heavy atom. The molecule has 31 heavy (non-hydrogen) atoms. The third-order valence-corrected chi connectivity index (χ3v) is 7.39. The fourth-order valence-electron chi connectivity index (χ4n) is 3.21. The van der Waals surface area contributed by atoms with Gasteiger partial charge < -0.3 is 9.80 Å². The molecular weight excluding hydrogens is 468 g/mol. The van der Waals surface area contributed by atoms with Crippen molar-refractivity contribution in [1.29, 1.82) is 0 Å². The molecule has 1 aromatic carbocycles. The minimum absolute atomic E-state index is 0.00725. The van der Waals surface area contributed by atoms with Crippen molar-refractivity contribution in [2.75, 3.05) is 25.5 Å². The predicted octanol–water partition coefficient (Wildman–Crippen LogP) is 4.00. The molecule has 2 aromatic rings. The molecule has 6 nitrogen and oxygen atoms in total. The van der Waals surface area contributed by atoms with Crippen LogP contribution in [0.15, 0.2) is 29.7 Å². The molecule has 1 aliphatic rings. The summed E-state index contributed by atoms with van der Waals surface area (Å²) in [5.41, 5.74) is -0.0309. The van der Waals surface area contributed by atoms with E-state index in [2.05, 4.69) is 4.72 Å². The van der Waals surface area contributed by atoms with Crippen molar-refractivity contribution in [3.8, 4) is 0 Å². The molecule has 1 amide bonds. The number of amides is 1. The zero-order chi connectivity index (χ0) is 22.9. The van der Waals surface area contributed by atoms with E-state index in [1.54, 1.807) is 38.1 Å². The molecule has 11 heteroatoms. The highest BCUT2D eigenvalue weighted by Gasteiger charge is 2.37. The van der Waals surface area contributed by atoms with E-state index in [4.69, 9.17) is 11.6 Å². The number of rotatable bonds is 7. The molecule has 0 bridgehead atoms. The summed E-state index contributed by atoms with van der Waals surface area (Å²) in [5.74, 6) is -2.44. The van der Waals surface area contributed by atoms with Gasteiger partial charge >= 0.3 is 0 Å². The van der Waals surface area contributed by atoms with Crippen LogP contribution in [0.4, 0.5) is 14.5 Å². The molecule has 2 heterocycles. The minimum atomic E-state index is -3.95. The number of carbonyl (C=O) groups is 1. The number of thiophene rings is 1. The SMILES string of the molecule is CC(c1cc(F)c(N2CCC(NS(=O)(=O)/C=C/c3ccc(Cl)s3)C2=O)c(F)c1)N(C)C. The molecule has 1 N–H and O–H groups in total. The monoisotopic (exact) mass is 489 g/mol. The average Bonchev–Trinajstić information content (AvgIpc) is 3.25. The second kappa shape index (κ2) is 9.33. The highest BCUT2D eigenvalue weighted by molar-refractivity contribution is 7.92. The van der Waals surface area contributed by atoms with Crippen LogP contribution in [0, 0.1) is 11.6 Å². The topological polar surface area (TPSA) is 69.7 Å². The van der Waals surface area contributed by atoms with Crippen LogP contribution in [0.1, 0.15) is 29.8 Å². The van der Waals surface area contributed by atoms with E-state index in [1.165, 1.54) is 29.5 Å². The van der Waals surface area contributed by atoms with Crippen LogP contribution in [-0.2, 0) is 14.8 Å². The van der Waals surface area contributed by atoms with E-state index >= 15 is 0 Å². The summed E-state index contributed by atoms with van der Waals surface area (Å²) < 4.78 is 56.9. The molecule has 3 rings (SSSR count). The van der Waals surface area contributed by atoms with Gasteiger partial charge in [-0.25, -0.2) is 17.2 Å². The molecule has 2 atom stereocenters. The lowest BCUT2D eigenvalue weighted by Crippen LogP contribution is -2.41. The molecular formula is C20H22ClF2N3O3S2. The molecule has 1 saturated heterocycles.